The molecule has 0 unspecified atom stereocenters. The van der Waals surface area contributed by atoms with E-state index in [0.29, 0.717) is 18.1 Å². The van der Waals surface area contributed by atoms with Crippen LogP contribution < -0.4 is 0 Å². The lowest BCUT2D eigenvalue weighted by Gasteiger charge is -1.92. The zero-order chi connectivity index (χ0) is 10.1. The van der Waals surface area contributed by atoms with Crippen molar-refractivity contribution in [1.29, 1.82) is 0 Å². The van der Waals surface area contributed by atoms with Gasteiger partial charge in [0.25, 0.3) is 0 Å². The van der Waals surface area contributed by atoms with Crippen LogP contribution in [0.3, 0.4) is 0 Å². The van der Waals surface area contributed by atoms with Gasteiger partial charge >= 0.3 is 0 Å². The molecule has 0 saturated heterocycles. The van der Waals surface area contributed by atoms with Crippen molar-refractivity contribution >= 4 is 5.78 Å². The molecule has 0 radical (unpaired) electrons. The predicted molar refractivity (Wildman–Crippen MR) is 49.8 cm³/mol. The largest absolute Gasteiger partial charge is 0.339 e. The molecule has 0 atom stereocenters. The van der Waals surface area contributed by atoms with E-state index in [1.807, 2.05) is 13.8 Å². The molecule has 1 aromatic rings. The standard InChI is InChI=1S/C10H14N2O2/c1-6(2)10-11-9(14-12-10)5-8(13)7-3-4-7/h6-7H,3-5H2,1-2H3. The van der Waals surface area contributed by atoms with Crippen LogP contribution in [0.25, 0.3) is 0 Å². The van der Waals surface area contributed by atoms with Crippen molar-refractivity contribution < 1.29 is 9.32 Å². The van der Waals surface area contributed by atoms with Crippen LogP contribution in [0.2, 0.25) is 0 Å². The third kappa shape index (κ3) is 2.00. The Hall–Kier alpha value is -1.19. The molecule has 0 aromatic carbocycles. The van der Waals surface area contributed by atoms with Crippen LogP contribution in [0, 0.1) is 5.92 Å². The predicted octanol–water partition coefficient (Wildman–Crippen LogP) is 1.71. The van der Waals surface area contributed by atoms with Gasteiger partial charge in [-0.1, -0.05) is 19.0 Å². The van der Waals surface area contributed by atoms with Gasteiger partial charge in [0.2, 0.25) is 5.89 Å². The van der Waals surface area contributed by atoms with Crippen LogP contribution in [0.1, 0.15) is 44.3 Å². The first-order valence-electron chi connectivity index (χ1n) is 5.02. The second-order valence-electron chi connectivity index (χ2n) is 4.12. The van der Waals surface area contributed by atoms with Crippen LogP contribution in [0.4, 0.5) is 0 Å². The molecule has 2 rings (SSSR count). The molecule has 4 nitrogen and oxygen atoms in total. The highest BCUT2D eigenvalue weighted by molar-refractivity contribution is 5.84. The van der Waals surface area contributed by atoms with Gasteiger partial charge in [-0.15, -0.1) is 0 Å². The first-order valence-corrected chi connectivity index (χ1v) is 5.02. The quantitative estimate of drug-likeness (QED) is 0.732. The van der Waals surface area contributed by atoms with E-state index in [4.69, 9.17) is 4.52 Å². The Bertz CT molecular complexity index is 340. The Morgan fingerprint density at radius 1 is 1.57 bits per heavy atom. The van der Waals surface area contributed by atoms with Crippen molar-refractivity contribution in [2.75, 3.05) is 0 Å². The summed E-state index contributed by atoms with van der Waals surface area (Å²) < 4.78 is 4.99. The van der Waals surface area contributed by atoms with Gasteiger partial charge in [-0.3, -0.25) is 4.79 Å². The van der Waals surface area contributed by atoms with Crippen molar-refractivity contribution in [3.63, 3.8) is 0 Å². The van der Waals surface area contributed by atoms with E-state index >= 15 is 0 Å². The van der Waals surface area contributed by atoms with E-state index < -0.39 is 0 Å². The molecule has 14 heavy (non-hydrogen) atoms. The van der Waals surface area contributed by atoms with E-state index in [9.17, 15) is 4.79 Å². The minimum absolute atomic E-state index is 0.240. The summed E-state index contributed by atoms with van der Waals surface area (Å²) in [5.74, 6) is 1.91. The van der Waals surface area contributed by atoms with Crippen LogP contribution >= 0.6 is 0 Å². The summed E-state index contributed by atoms with van der Waals surface area (Å²) >= 11 is 0. The molecule has 0 amide bonds. The van der Waals surface area contributed by atoms with Gasteiger partial charge in [0.15, 0.2) is 5.82 Å². The highest BCUT2D eigenvalue weighted by Crippen LogP contribution is 2.30. The number of rotatable bonds is 4. The Labute approximate surface area is 82.7 Å². The molecule has 76 valence electrons. The smallest absolute Gasteiger partial charge is 0.234 e. The maximum atomic E-state index is 11.4. The first kappa shape index (κ1) is 9.37. The number of Topliss-reactive ketones (excluding diaryl/α,β-unsaturated/α-hetero) is 1. The van der Waals surface area contributed by atoms with Gasteiger partial charge in [-0.2, -0.15) is 4.98 Å². The van der Waals surface area contributed by atoms with Crippen LogP contribution in [0.5, 0.6) is 0 Å². The summed E-state index contributed by atoms with van der Waals surface area (Å²) in [6, 6.07) is 0. The second kappa shape index (κ2) is 3.52. The molecular formula is C10H14N2O2. The minimum atomic E-state index is 0.240. The molecule has 0 N–H and O–H groups in total. The van der Waals surface area contributed by atoms with Crippen LogP contribution in [-0.2, 0) is 11.2 Å². The number of nitrogens with zero attached hydrogens (tertiary/aromatic N) is 2. The maximum absolute atomic E-state index is 11.4. The van der Waals surface area contributed by atoms with E-state index in [0.717, 1.165) is 12.8 Å². The first-order chi connectivity index (χ1) is 6.66. The molecule has 0 spiro atoms. The summed E-state index contributed by atoms with van der Waals surface area (Å²) in [4.78, 5) is 15.6. The average Bonchev–Trinajstić information content (AvgIpc) is 2.87. The molecule has 1 heterocycles. The number of aromatic nitrogens is 2. The number of hydrogen-bond acceptors (Lipinski definition) is 4. The highest BCUT2D eigenvalue weighted by atomic mass is 16.5. The van der Waals surface area contributed by atoms with E-state index in [1.54, 1.807) is 0 Å². The number of hydrogen-bond donors (Lipinski definition) is 0. The molecule has 1 aromatic heterocycles. The lowest BCUT2D eigenvalue weighted by atomic mass is 10.2. The van der Waals surface area contributed by atoms with Gasteiger partial charge in [-0.25, -0.2) is 0 Å². The van der Waals surface area contributed by atoms with Crippen molar-refractivity contribution in [2.24, 2.45) is 5.92 Å². The van der Waals surface area contributed by atoms with E-state index in [1.165, 1.54) is 0 Å². The summed E-state index contributed by atoms with van der Waals surface area (Å²) in [7, 11) is 0. The Balaban J connectivity index is 1.98. The zero-order valence-corrected chi connectivity index (χ0v) is 8.49. The Morgan fingerprint density at radius 2 is 2.29 bits per heavy atom. The van der Waals surface area contributed by atoms with Crippen LogP contribution in [-0.4, -0.2) is 15.9 Å². The van der Waals surface area contributed by atoms with Crippen molar-refractivity contribution in [1.82, 2.24) is 10.1 Å². The van der Waals surface area contributed by atoms with Gasteiger partial charge in [0.05, 0.1) is 6.42 Å². The van der Waals surface area contributed by atoms with Gasteiger partial charge in [-0.05, 0) is 12.8 Å². The SMILES string of the molecule is CC(C)c1noc(CC(=O)C2CC2)n1. The van der Waals surface area contributed by atoms with Crippen molar-refractivity contribution in [2.45, 2.75) is 39.0 Å². The normalized spacial score (nSPS) is 16.2. The fraction of sp³-hybridized carbons (Fsp3) is 0.700. The van der Waals surface area contributed by atoms with Gasteiger partial charge in [0, 0.05) is 11.8 Å². The lowest BCUT2D eigenvalue weighted by Crippen LogP contribution is -2.05. The van der Waals surface area contributed by atoms with Crippen molar-refractivity contribution in [3.05, 3.63) is 11.7 Å². The summed E-state index contributed by atoms with van der Waals surface area (Å²) in [5.41, 5.74) is 0. The molecule has 0 bridgehead atoms. The summed E-state index contributed by atoms with van der Waals surface area (Å²) in [5, 5.41) is 3.81. The fourth-order valence-electron chi connectivity index (χ4n) is 1.27. The molecule has 4 heteroatoms. The second-order valence-corrected chi connectivity index (χ2v) is 4.12. The topological polar surface area (TPSA) is 56.0 Å². The van der Waals surface area contributed by atoms with E-state index in [2.05, 4.69) is 10.1 Å². The Kier molecular flexibility index (Phi) is 2.35. The third-order valence-corrected chi connectivity index (χ3v) is 2.36. The third-order valence-electron chi connectivity index (χ3n) is 2.36. The number of carbonyl (C=O) groups is 1. The van der Waals surface area contributed by atoms with E-state index in [-0.39, 0.29) is 17.6 Å². The maximum Gasteiger partial charge on any atom is 0.234 e. The van der Waals surface area contributed by atoms with Gasteiger partial charge in [0.1, 0.15) is 5.78 Å². The molecule has 1 saturated carbocycles. The number of ketones is 1. The monoisotopic (exact) mass is 194 g/mol. The minimum Gasteiger partial charge on any atom is -0.339 e. The molecular weight excluding hydrogens is 180 g/mol. The lowest BCUT2D eigenvalue weighted by molar-refractivity contribution is -0.119. The van der Waals surface area contributed by atoms with Gasteiger partial charge < -0.3 is 4.52 Å². The fourth-order valence-corrected chi connectivity index (χ4v) is 1.27. The Morgan fingerprint density at radius 3 is 2.79 bits per heavy atom. The summed E-state index contributed by atoms with van der Waals surface area (Å²) in [6.07, 6.45) is 2.37. The molecule has 1 fully saturated rings. The molecule has 1 aliphatic rings. The van der Waals surface area contributed by atoms with Crippen LogP contribution in [0.15, 0.2) is 4.52 Å². The molecule has 1 aliphatic carbocycles. The number of carbonyl (C=O) groups excluding carboxylic acids is 1. The molecule has 0 aliphatic heterocycles. The average molecular weight is 194 g/mol. The van der Waals surface area contributed by atoms with Crippen molar-refractivity contribution in [3.8, 4) is 0 Å². The summed E-state index contributed by atoms with van der Waals surface area (Å²) in [6.45, 7) is 3.99. The zero-order valence-electron chi connectivity index (χ0n) is 8.49. The highest BCUT2D eigenvalue weighted by Gasteiger charge is 2.30.